The van der Waals surface area contributed by atoms with Crippen LogP contribution < -0.4 is 5.32 Å². The van der Waals surface area contributed by atoms with Crippen LogP contribution >= 0.6 is 34.8 Å². The topological polar surface area (TPSA) is 12.0 Å². The SMILES string of the molecule is CC1CCC(Nc2c(Cl)cc(Cl)cc2Cl)c2ccccc21. The number of benzene rings is 2. The molecule has 0 aromatic heterocycles. The van der Waals surface area contributed by atoms with Crippen molar-refractivity contribution in [1.82, 2.24) is 0 Å². The molecule has 1 nitrogen and oxygen atoms in total. The van der Waals surface area contributed by atoms with Crippen LogP contribution in [0.15, 0.2) is 36.4 Å². The fourth-order valence-corrected chi connectivity index (χ4v) is 3.94. The van der Waals surface area contributed by atoms with Gasteiger partial charge in [-0.15, -0.1) is 0 Å². The van der Waals surface area contributed by atoms with Crippen LogP contribution in [0.25, 0.3) is 0 Å². The highest BCUT2D eigenvalue weighted by atomic mass is 35.5. The average Bonchev–Trinajstić information content (AvgIpc) is 2.45. The van der Waals surface area contributed by atoms with E-state index < -0.39 is 0 Å². The van der Waals surface area contributed by atoms with Crippen molar-refractivity contribution in [2.45, 2.75) is 31.7 Å². The second-order valence-electron chi connectivity index (χ2n) is 5.55. The third-order valence-corrected chi connectivity index (χ3v) is 4.93. The number of rotatable bonds is 2. The van der Waals surface area contributed by atoms with Crippen LogP contribution in [0.5, 0.6) is 0 Å². The molecule has 4 heteroatoms. The van der Waals surface area contributed by atoms with Crippen molar-refractivity contribution < 1.29 is 0 Å². The summed E-state index contributed by atoms with van der Waals surface area (Å²) in [6.07, 6.45) is 2.21. The number of nitrogens with one attached hydrogen (secondary N) is 1. The molecule has 21 heavy (non-hydrogen) atoms. The molecule has 0 saturated carbocycles. The summed E-state index contributed by atoms with van der Waals surface area (Å²) in [6, 6.07) is 12.2. The van der Waals surface area contributed by atoms with Gasteiger partial charge in [-0.1, -0.05) is 66.0 Å². The first-order chi connectivity index (χ1) is 10.1. The minimum Gasteiger partial charge on any atom is -0.376 e. The Morgan fingerprint density at radius 1 is 0.952 bits per heavy atom. The zero-order chi connectivity index (χ0) is 15.0. The highest BCUT2D eigenvalue weighted by Gasteiger charge is 2.25. The van der Waals surface area contributed by atoms with Crippen LogP contribution in [0.4, 0.5) is 5.69 Å². The van der Waals surface area contributed by atoms with E-state index in [0.717, 1.165) is 18.5 Å². The summed E-state index contributed by atoms with van der Waals surface area (Å²) in [5.74, 6) is 0.593. The van der Waals surface area contributed by atoms with Crippen molar-refractivity contribution in [3.05, 3.63) is 62.6 Å². The van der Waals surface area contributed by atoms with Gasteiger partial charge in [-0.3, -0.25) is 0 Å². The van der Waals surface area contributed by atoms with Gasteiger partial charge in [0, 0.05) is 5.02 Å². The van der Waals surface area contributed by atoms with Crippen molar-refractivity contribution in [1.29, 1.82) is 0 Å². The zero-order valence-electron chi connectivity index (χ0n) is 11.7. The highest BCUT2D eigenvalue weighted by molar-refractivity contribution is 6.41. The molecule has 0 amide bonds. The first-order valence-corrected chi connectivity index (χ1v) is 8.19. The average molecular weight is 341 g/mol. The number of anilines is 1. The minimum absolute atomic E-state index is 0.230. The van der Waals surface area contributed by atoms with E-state index in [1.165, 1.54) is 11.1 Å². The smallest absolute Gasteiger partial charge is 0.0724 e. The largest absolute Gasteiger partial charge is 0.376 e. The quantitative estimate of drug-likeness (QED) is 0.641. The maximum absolute atomic E-state index is 6.28. The zero-order valence-corrected chi connectivity index (χ0v) is 13.9. The molecule has 1 N–H and O–H groups in total. The van der Waals surface area contributed by atoms with E-state index in [0.29, 0.717) is 21.0 Å². The Morgan fingerprint density at radius 2 is 1.57 bits per heavy atom. The Morgan fingerprint density at radius 3 is 2.24 bits per heavy atom. The van der Waals surface area contributed by atoms with Gasteiger partial charge in [0.15, 0.2) is 0 Å². The Balaban J connectivity index is 1.95. The lowest BCUT2D eigenvalue weighted by Crippen LogP contribution is -2.19. The van der Waals surface area contributed by atoms with Crippen molar-refractivity contribution in [2.24, 2.45) is 0 Å². The van der Waals surface area contributed by atoms with E-state index in [4.69, 9.17) is 34.8 Å². The minimum atomic E-state index is 0.230. The molecule has 1 aliphatic rings. The Bertz CT molecular complexity index is 646. The third-order valence-electron chi connectivity index (χ3n) is 4.12. The van der Waals surface area contributed by atoms with E-state index in [-0.39, 0.29) is 6.04 Å². The van der Waals surface area contributed by atoms with Crippen LogP contribution in [0.3, 0.4) is 0 Å². The highest BCUT2D eigenvalue weighted by Crippen LogP contribution is 2.42. The summed E-state index contributed by atoms with van der Waals surface area (Å²) in [7, 11) is 0. The molecule has 0 radical (unpaired) electrons. The predicted octanol–water partition coefficient (Wildman–Crippen LogP) is 6.70. The standard InChI is InChI=1S/C17H16Cl3N/c1-10-6-7-16(13-5-3-2-4-12(10)13)21-17-14(19)8-11(18)9-15(17)20/h2-5,8-10,16,21H,6-7H2,1H3. The van der Waals surface area contributed by atoms with Gasteiger partial charge in [-0.2, -0.15) is 0 Å². The summed E-state index contributed by atoms with van der Waals surface area (Å²) in [5, 5.41) is 5.17. The molecule has 1 aliphatic carbocycles. The monoisotopic (exact) mass is 339 g/mol. The number of halogens is 3. The Hall–Kier alpha value is -0.890. The molecule has 2 unspecified atom stereocenters. The molecule has 0 fully saturated rings. The van der Waals surface area contributed by atoms with Gasteiger partial charge < -0.3 is 5.32 Å². The van der Waals surface area contributed by atoms with Crippen LogP contribution in [-0.2, 0) is 0 Å². The molecule has 0 heterocycles. The molecule has 2 atom stereocenters. The molecule has 0 aliphatic heterocycles. The molecule has 0 saturated heterocycles. The van der Waals surface area contributed by atoms with Gasteiger partial charge >= 0.3 is 0 Å². The lowest BCUT2D eigenvalue weighted by Gasteiger charge is -2.31. The van der Waals surface area contributed by atoms with E-state index in [2.05, 4.69) is 36.5 Å². The Kier molecular flexibility index (Phi) is 4.35. The van der Waals surface area contributed by atoms with Gasteiger partial charge in [-0.25, -0.2) is 0 Å². The van der Waals surface area contributed by atoms with Gasteiger partial charge in [-0.05, 0) is 42.0 Å². The second kappa shape index (κ2) is 6.08. The lowest BCUT2D eigenvalue weighted by molar-refractivity contribution is 0.535. The van der Waals surface area contributed by atoms with E-state index in [9.17, 15) is 0 Å². The van der Waals surface area contributed by atoms with Gasteiger partial charge in [0.2, 0.25) is 0 Å². The predicted molar refractivity (Wildman–Crippen MR) is 91.9 cm³/mol. The van der Waals surface area contributed by atoms with Crippen LogP contribution in [0.2, 0.25) is 15.1 Å². The fourth-order valence-electron chi connectivity index (χ4n) is 3.01. The maximum atomic E-state index is 6.28. The Labute approximate surface area is 140 Å². The normalized spacial score (nSPS) is 21.0. The third kappa shape index (κ3) is 3.01. The number of hydrogen-bond acceptors (Lipinski definition) is 1. The van der Waals surface area contributed by atoms with Crippen molar-refractivity contribution in [2.75, 3.05) is 5.32 Å². The molecule has 0 bridgehead atoms. The first-order valence-electron chi connectivity index (χ1n) is 7.06. The van der Waals surface area contributed by atoms with E-state index in [1.54, 1.807) is 12.1 Å². The summed E-state index contributed by atoms with van der Waals surface area (Å²) in [6.45, 7) is 2.28. The second-order valence-corrected chi connectivity index (χ2v) is 6.80. The molecular weight excluding hydrogens is 325 g/mol. The van der Waals surface area contributed by atoms with E-state index in [1.807, 2.05) is 0 Å². The molecule has 110 valence electrons. The maximum Gasteiger partial charge on any atom is 0.0724 e. The van der Waals surface area contributed by atoms with Crippen molar-refractivity contribution >= 4 is 40.5 Å². The van der Waals surface area contributed by atoms with Crippen molar-refractivity contribution in [3.63, 3.8) is 0 Å². The lowest BCUT2D eigenvalue weighted by atomic mass is 9.81. The molecule has 2 aromatic carbocycles. The van der Waals surface area contributed by atoms with Gasteiger partial charge in [0.05, 0.1) is 21.8 Å². The van der Waals surface area contributed by atoms with Gasteiger partial charge in [0.25, 0.3) is 0 Å². The summed E-state index contributed by atoms with van der Waals surface area (Å²) in [4.78, 5) is 0. The van der Waals surface area contributed by atoms with Gasteiger partial charge in [0.1, 0.15) is 0 Å². The number of fused-ring (bicyclic) bond motifs is 1. The summed E-state index contributed by atoms with van der Waals surface area (Å²) in [5.41, 5.74) is 3.50. The molecule has 2 aromatic rings. The van der Waals surface area contributed by atoms with E-state index >= 15 is 0 Å². The van der Waals surface area contributed by atoms with Crippen molar-refractivity contribution in [3.8, 4) is 0 Å². The van der Waals surface area contributed by atoms with Crippen LogP contribution in [0, 0.1) is 0 Å². The summed E-state index contributed by atoms with van der Waals surface area (Å²) >= 11 is 18.5. The number of hydrogen-bond donors (Lipinski definition) is 1. The van der Waals surface area contributed by atoms with Crippen LogP contribution in [0.1, 0.15) is 42.9 Å². The van der Waals surface area contributed by atoms with Crippen LogP contribution in [-0.4, -0.2) is 0 Å². The molecule has 0 spiro atoms. The first kappa shape index (κ1) is 15.0. The molecule has 3 rings (SSSR count). The summed E-state index contributed by atoms with van der Waals surface area (Å²) < 4.78 is 0. The molecular formula is C17H16Cl3N. The fraction of sp³-hybridized carbons (Fsp3) is 0.294.